The summed E-state index contributed by atoms with van der Waals surface area (Å²) in [6.45, 7) is 1.89. The van der Waals surface area contributed by atoms with E-state index in [1.807, 2.05) is 24.3 Å². The van der Waals surface area contributed by atoms with Gasteiger partial charge in [-0.2, -0.15) is 0 Å². The lowest BCUT2D eigenvalue weighted by molar-refractivity contribution is -0.151. The Kier molecular flexibility index (Phi) is 4.02. The number of nitrogens with one attached hydrogen (secondary N) is 1. The molecular formula is C19H18N4O4. The van der Waals surface area contributed by atoms with E-state index in [2.05, 4.69) is 10.1 Å². The summed E-state index contributed by atoms with van der Waals surface area (Å²) in [6.07, 6.45) is 1.66. The van der Waals surface area contributed by atoms with Gasteiger partial charge in [-0.25, -0.2) is 14.3 Å². The van der Waals surface area contributed by atoms with Crippen LogP contribution in [0.1, 0.15) is 22.4 Å². The minimum absolute atomic E-state index is 0.189. The molecular weight excluding hydrogens is 348 g/mol. The van der Waals surface area contributed by atoms with Crippen LogP contribution in [0.4, 0.5) is 0 Å². The molecule has 1 aliphatic heterocycles. The number of aliphatic carboxylic acids is 1. The van der Waals surface area contributed by atoms with Crippen LogP contribution in [0.15, 0.2) is 41.3 Å². The minimum Gasteiger partial charge on any atom is -0.480 e. The van der Waals surface area contributed by atoms with Gasteiger partial charge in [0.05, 0.1) is 6.42 Å². The highest BCUT2D eigenvalue weighted by atomic mass is 16.4. The summed E-state index contributed by atoms with van der Waals surface area (Å²) in [5.41, 5.74) is 2.72. The average molecular weight is 366 g/mol. The highest BCUT2D eigenvalue weighted by molar-refractivity contribution is 5.86. The van der Waals surface area contributed by atoms with E-state index < -0.39 is 17.9 Å². The molecule has 1 atom stereocenters. The molecule has 1 aliphatic rings. The molecule has 1 amide bonds. The number of aromatic nitrogens is 3. The first-order valence-electron chi connectivity index (χ1n) is 8.60. The number of hydrogen-bond acceptors (Lipinski definition) is 4. The summed E-state index contributed by atoms with van der Waals surface area (Å²) in [5, 5.41) is 12.4. The molecule has 0 radical (unpaired) electrons. The van der Waals surface area contributed by atoms with Crippen molar-refractivity contribution in [1.29, 1.82) is 0 Å². The number of carboxylic acid groups (broad SMARTS) is 1. The third-order valence-electron chi connectivity index (χ3n) is 5.03. The van der Waals surface area contributed by atoms with Gasteiger partial charge in [-0.1, -0.05) is 24.3 Å². The van der Waals surface area contributed by atoms with E-state index >= 15 is 0 Å². The molecule has 8 heteroatoms. The van der Waals surface area contributed by atoms with Crippen LogP contribution < -0.4 is 5.56 Å². The Morgan fingerprint density at radius 1 is 1.26 bits per heavy atom. The van der Waals surface area contributed by atoms with Crippen molar-refractivity contribution in [2.45, 2.75) is 32.4 Å². The quantitative estimate of drug-likeness (QED) is 0.716. The van der Waals surface area contributed by atoms with E-state index in [-0.39, 0.29) is 30.5 Å². The third kappa shape index (κ3) is 2.88. The van der Waals surface area contributed by atoms with Crippen molar-refractivity contribution in [3.8, 4) is 0 Å². The highest BCUT2D eigenvalue weighted by Gasteiger charge is 2.34. The van der Waals surface area contributed by atoms with E-state index in [1.54, 1.807) is 19.2 Å². The monoisotopic (exact) mass is 366 g/mol. The van der Waals surface area contributed by atoms with Gasteiger partial charge in [0.1, 0.15) is 6.04 Å². The summed E-state index contributed by atoms with van der Waals surface area (Å²) in [4.78, 5) is 43.0. The van der Waals surface area contributed by atoms with Crippen LogP contribution in [-0.4, -0.2) is 42.5 Å². The molecule has 0 unspecified atom stereocenters. The molecule has 3 aromatic rings. The Labute approximate surface area is 154 Å². The summed E-state index contributed by atoms with van der Waals surface area (Å²) < 4.78 is 1.27. The van der Waals surface area contributed by atoms with Crippen LogP contribution in [0.5, 0.6) is 0 Å². The normalized spacial score (nSPS) is 16.3. The van der Waals surface area contributed by atoms with E-state index in [1.165, 1.54) is 9.42 Å². The molecule has 0 saturated carbocycles. The highest BCUT2D eigenvalue weighted by Crippen LogP contribution is 2.24. The van der Waals surface area contributed by atoms with Crippen molar-refractivity contribution in [3.05, 3.63) is 69.3 Å². The van der Waals surface area contributed by atoms with Crippen molar-refractivity contribution in [2.24, 2.45) is 0 Å². The maximum absolute atomic E-state index is 12.9. The number of carbonyl (C=O) groups excluding carboxylic acids is 1. The van der Waals surface area contributed by atoms with Crippen LogP contribution in [0.25, 0.3) is 5.65 Å². The fourth-order valence-corrected chi connectivity index (χ4v) is 3.57. The number of carboxylic acids is 1. The summed E-state index contributed by atoms with van der Waals surface area (Å²) in [6, 6.07) is 8.21. The van der Waals surface area contributed by atoms with Crippen LogP contribution in [0, 0.1) is 6.92 Å². The Morgan fingerprint density at radius 2 is 2.00 bits per heavy atom. The first-order valence-corrected chi connectivity index (χ1v) is 8.60. The van der Waals surface area contributed by atoms with Gasteiger partial charge in [-0.15, -0.1) is 0 Å². The molecule has 4 rings (SSSR count). The Balaban J connectivity index is 1.68. The Bertz CT molecular complexity index is 1110. The standard InChI is InChI=1S/C19H18N4O4/c1-11-14(18(25)23-16(21-11)6-7-20-23)9-17(24)22-10-13-5-3-2-4-12(13)8-15(22)19(26)27/h2-7,15,20H,8-10H2,1H3,(H,26,27)/t15-/m0/s1. The average Bonchev–Trinajstić information content (AvgIpc) is 3.12. The zero-order valence-corrected chi connectivity index (χ0v) is 14.7. The van der Waals surface area contributed by atoms with Crippen LogP contribution in [0.2, 0.25) is 0 Å². The second-order valence-electron chi connectivity index (χ2n) is 6.66. The molecule has 0 spiro atoms. The lowest BCUT2D eigenvalue weighted by Gasteiger charge is -2.34. The zero-order valence-electron chi connectivity index (χ0n) is 14.7. The number of benzene rings is 1. The number of amides is 1. The first kappa shape index (κ1) is 17.0. The van der Waals surface area contributed by atoms with E-state index in [0.717, 1.165) is 11.1 Å². The third-order valence-corrected chi connectivity index (χ3v) is 5.03. The first-order chi connectivity index (χ1) is 13.0. The van der Waals surface area contributed by atoms with Crippen molar-refractivity contribution in [1.82, 2.24) is 19.5 Å². The van der Waals surface area contributed by atoms with Crippen molar-refractivity contribution < 1.29 is 14.7 Å². The van der Waals surface area contributed by atoms with Gasteiger partial charge in [0.25, 0.3) is 5.56 Å². The maximum Gasteiger partial charge on any atom is 0.326 e. The molecule has 27 heavy (non-hydrogen) atoms. The van der Waals surface area contributed by atoms with Gasteiger partial charge < -0.3 is 10.0 Å². The fourth-order valence-electron chi connectivity index (χ4n) is 3.57. The molecule has 3 heterocycles. The van der Waals surface area contributed by atoms with Crippen LogP contribution in [-0.2, 0) is 29.0 Å². The number of fused-ring (bicyclic) bond motifs is 2. The summed E-state index contributed by atoms with van der Waals surface area (Å²) >= 11 is 0. The number of hydrogen-bond donors (Lipinski definition) is 2. The van der Waals surface area contributed by atoms with E-state index in [4.69, 9.17) is 0 Å². The zero-order chi connectivity index (χ0) is 19.1. The van der Waals surface area contributed by atoms with Gasteiger partial charge in [-0.05, 0) is 18.1 Å². The largest absolute Gasteiger partial charge is 0.480 e. The maximum atomic E-state index is 12.9. The second-order valence-corrected chi connectivity index (χ2v) is 6.66. The summed E-state index contributed by atoms with van der Waals surface area (Å²) in [7, 11) is 0. The molecule has 138 valence electrons. The second kappa shape index (κ2) is 6.39. The molecule has 0 bridgehead atoms. The topological polar surface area (TPSA) is 108 Å². The predicted octanol–water partition coefficient (Wildman–Crippen LogP) is 0.912. The lowest BCUT2D eigenvalue weighted by atomic mass is 9.93. The molecule has 2 N–H and O–H groups in total. The number of aryl methyl sites for hydroxylation is 1. The smallest absolute Gasteiger partial charge is 0.326 e. The van der Waals surface area contributed by atoms with Crippen LogP contribution >= 0.6 is 0 Å². The minimum atomic E-state index is -1.05. The molecule has 0 saturated heterocycles. The van der Waals surface area contributed by atoms with E-state index in [0.29, 0.717) is 11.3 Å². The molecule has 1 aromatic carbocycles. The Hall–Kier alpha value is -3.42. The van der Waals surface area contributed by atoms with Crippen molar-refractivity contribution >= 4 is 17.5 Å². The van der Waals surface area contributed by atoms with Gasteiger partial charge >= 0.3 is 5.97 Å². The Morgan fingerprint density at radius 3 is 2.74 bits per heavy atom. The molecule has 0 aliphatic carbocycles. The van der Waals surface area contributed by atoms with Gasteiger partial charge in [0, 0.05) is 36.5 Å². The van der Waals surface area contributed by atoms with Gasteiger partial charge in [0.2, 0.25) is 5.91 Å². The lowest BCUT2D eigenvalue weighted by Crippen LogP contribution is -2.49. The number of carbonyl (C=O) groups is 2. The van der Waals surface area contributed by atoms with Crippen molar-refractivity contribution in [3.63, 3.8) is 0 Å². The summed E-state index contributed by atoms with van der Waals surface area (Å²) in [5.74, 6) is -1.45. The number of aromatic amines is 1. The van der Waals surface area contributed by atoms with Gasteiger partial charge in [0.15, 0.2) is 5.65 Å². The SMILES string of the molecule is Cc1nc2cc[nH]n2c(=O)c1CC(=O)N1Cc2ccccc2C[C@H]1C(=O)O. The van der Waals surface area contributed by atoms with Gasteiger partial charge in [-0.3, -0.25) is 14.7 Å². The fraction of sp³-hybridized carbons (Fsp3) is 0.263. The van der Waals surface area contributed by atoms with Crippen molar-refractivity contribution in [2.75, 3.05) is 0 Å². The molecule has 0 fully saturated rings. The van der Waals surface area contributed by atoms with Crippen LogP contribution in [0.3, 0.4) is 0 Å². The number of rotatable bonds is 3. The van der Waals surface area contributed by atoms with E-state index in [9.17, 15) is 19.5 Å². The number of nitrogens with zero attached hydrogens (tertiary/aromatic N) is 3. The molecule has 8 nitrogen and oxygen atoms in total. The predicted molar refractivity (Wildman–Crippen MR) is 96.4 cm³/mol. The number of H-pyrrole nitrogens is 1. The molecule has 2 aromatic heterocycles.